The second-order valence-corrected chi connectivity index (χ2v) is 5.40. The van der Waals surface area contributed by atoms with E-state index in [2.05, 4.69) is 10.1 Å². The normalized spacial score (nSPS) is 20.3. The topological polar surface area (TPSA) is 57.0 Å². The van der Waals surface area contributed by atoms with Crippen molar-refractivity contribution in [2.45, 2.75) is 25.1 Å². The van der Waals surface area contributed by atoms with Crippen molar-refractivity contribution >= 4 is 5.97 Å². The summed E-state index contributed by atoms with van der Waals surface area (Å²) in [4.78, 5) is 15.7. The molecule has 23 heavy (non-hydrogen) atoms. The van der Waals surface area contributed by atoms with Gasteiger partial charge in [-0.3, -0.25) is 4.79 Å². The highest BCUT2D eigenvalue weighted by atomic mass is 19.4. The highest BCUT2D eigenvalue weighted by Gasteiger charge is 2.45. The minimum atomic E-state index is -4.38. The average molecular weight is 325 g/mol. The second kappa shape index (κ2) is 6.02. The maximum atomic E-state index is 12.7. The zero-order valence-electron chi connectivity index (χ0n) is 12.0. The molecule has 1 fully saturated rings. The number of carbonyl (C=O) groups is 1. The van der Waals surface area contributed by atoms with Crippen molar-refractivity contribution in [3.63, 3.8) is 0 Å². The van der Waals surface area contributed by atoms with Crippen LogP contribution >= 0.6 is 0 Å². The number of halogens is 3. The molecule has 0 aliphatic heterocycles. The molecule has 0 radical (unpaired) electrons. The Kier molecular flexibility index (Phi) is 4.06. The lowest BCUT2D eigenvalue weighted by atomic mass is 10.1. The van der Waals surface area contributed by atoms with E-state index in [-0.39, 0.29) is 24.4 Å². The van der Waals surface area contributed by atoms with Crippen molar-refractivity contribution < 1.29 is 22.7 Å². The van der Waals surface area contributed by atoms with Crippen molar-refractivity contribution in [1.82, 2.24) is 14.8 Å². The molecule has 1 saturated carbocycles. The van der Waals surface area contributed by atoms with Gasteiger partial charge in [0.1, 0.15) is 19.3 Å². The van der Waals surface area contributed by atoms with Crippen LogP contribution in [0.25, 0.3) is 0 Å². The van der Waals surface area contributed by atoms with E-state index in [1.165, 1.54) is 23.4 Å². The van der Waals surface area contributed by atoms with Gasteiger partial charge in [0.05, 0.1) is 18.0 Å². The fraction of sp³-hybridized carbons (Fsp3) is 0.400. The van der Waals surface area contributed by atoms with Gasteiger partial charge >= 0.3 is 12.1 Å². The minimum Gasteiger partial charge on any atom is -0.463 e. The zero-order valence-corrected chi connectivity index (χ0v) is 12.0. The van der Waals surface area contributed by atoms with Gasteiger partial charge in [-0.25, -0.2) is 9.67 Å². The molecule has 3 rings (SSSR count). The maximum Gasteiger partial charge on any atom is 0.416 e. The van der Waals surface area contributed by atoms with Crippen LogP contribution in [0.3, 0.4) is 0 Å². The van der Waals surface area contributed by atoms with Gasteiger partial charge in [-0.15, -0.1) is 0 Å². The van der Waals surface area contributed by atoms with E-state index in [1.54, 1.807) is 6.07 Å². The molecule has 8 heteroatoms. The number of aromatic nitrogens is 3. The summed E-state index contributed by atoms with van der Waals surface area (Å²) in [6.07, 6.45) is -0.967. The Morgan fingerprint density at radius 1 is 1.39 bits per heavy atom. The summed E-state index contributed by atoms with van der Waals surface area (Å²) in [7, 11) is 0. The third-order valence-electron chi connectivity index (χ3n) is 3.77. The quantitative estimate of drug-likeness (QED) is 0.793. The van der Waals surface area contributed by atoms with Gasteiger partial charge in [-0.05, 0) is 24.0 Å². The van der Waals surface area contributed by atoms with E-state index >= 15 is 0 Å². The van der Waals surface area contributed by atoms with Gasteiger partial charge in [0.2, 0.25) is 0 Å². The van der Waals surface area contributed by atoms with Crippen LogP contribution in [0.15, 0.2) is 36.9 Å². The number of hydrogen-bond donors (Lipinski definition) is 0. The summed E-state index contributed by atoms with van der Waals surface area (Å²) in [5.41, 5.74) is -0.168. The number of nitrogens with zero attached hydrogens (tertiary/aromatic N) is 3. The largest absolute Gasteiger partial charge is 0.463 e. The van der Waals surface area contributed by atoms with Crippen LogP contribution in [0.1, 0.15) is 23.5 Å². The van der Waals surface area contributed by atoms with Crippen molar-refractivity contribution in [2.24, 2.45) is 5.92 Å². The molecule has 1 heterocycles. The summed E-state index contributed by atoms with van der Waals surface area (Å²) >= 11 is 0. The molecule has 1 aliphatic rings. The predicted molar refractivity (Wildman–Crippen MR) is 73.3 cm³/mol. The first-order chi connectivity index (χ1) is 10.9. The van der Waals surface area contributed by atoms with E-state index < -0.39 is 11.7 Å². The summed E-state index contributed by atoms with van der Waals surface area (Å²) in [5, 5.41) is 3.88. The molecule has 0 N–H and O–H groups in total. The molecule has 1 aromatic carbocycles. The zero-order chi connectivity index (χ0) is 16.4. The molecule has 5 nitrogen and oxygen atoms in total. The van der Waals surface area contributed by atoms with E-state index in [0.29, 0.717) is 18.5 Å². The first-order valence-corrected chi connectivity index (χ1v) is 7.11. The summed E-state index contributed by atoms with van der Waals surface area (Å²) in [6.45, 7) is 0.556. The van der Waals surface area contributed by atoms with Gasteiger partial charge in [0, 0.05) is 0 Å². The predicted octanol–water partition coefficient (Wildman–Crippen LogP) is 2.64. The standard InChI is InChI=1S/C15H14F3N3O2/c16-15(17,18)11-3-1-2-10(6-11)12-7-13(12)14(22)23-5-4-21-9-19-8-20-21/h1-3,6,8-9,12-13H,4-5,7H2/t12-,13-/m0/s1. The first kappa shape index (κ1) is 15.5. The van der Waals surface area contributed by atoms with E-state index in [9.17, 15) is 18.0 Å². The number of benzene rings is 1. The Labute approximate surface area is 130 Å². The van der Waals surface area contributed by atoms with Crippen LogP contribution in [-0.4, -0.2) is 27.3 Å². The molecule has 0 amide bonds. The smallest absolute Gasteiger partial charge is 0.416 e. The Balaban J connectivity index is 1.53. The first-order valence-electron chi connectivity index (χ1n) is 7.11. The molecule has 2 aromatic rings. The van der Waals surface area contributed by atoms with Crippen molar-refractivity contribution in [3.8, 4) is 0 Å². The molecule has 0 bridgehead atoms. The summed E-state index contributed by atoms with van der Waals surface area (Å²) < 4.78 is 44.8. The Morgan fingerprint density at radius 3 is 2.91 bits per heavy atom. The molecule has 0 spiro atoms. The SMILES string of the molecule is O=C(OCCn1cncn1)[C@H]1C[C@H]1c1cccc(C(F)(F)F)c1. The van der Waals surface area contributed by atoms with Gasteiger partial charge in [-0.1, -0.05) is 18.2 Å². The third-order valence-corrected chi connectivity index (χ3v) is 3.77. The van der Waals surface area contributed by atoms with Crippen LogP contribution in [0, 0.1) is 5.92 Å². The third kappa shape index (κ3) is 3.69. The molecule has 0 saturated heterocycles. The molecular weight excluding hydrogens is 311 g/mol. The maximum absolute atomic E-state index is 12.7. The highest BCUT2D eigenvalue weighted by Crippen LogP contribution is 2.49. The van der Waals surface area contributed by atoms with Gasteiger partial charge in [0.15, 0.2) is 0 Å². The van der Waals surface area contributed by atoms with Crippen LogP contribution in [0.2, 0.25) is 0 Å². The second-order valence-electron chi connectivity index (χ2n) is 5.40. The lowest BCUT2D eigenvalue weighted by Crippen LogP contribution is -2.13. The number of rotatable bonds is 5. The number of carbonyl (C=O) groups excluding carboxylic acids is 1. The van der Waals surface area contributed by atoms with E-state index in [4.69, 9.17) is 4.74 Å². The van der Waals surface area contributed by atoms with Crippen molar-refractivity contribution in [3.05, 3.63) is 48.0 Å². The lowest BCUT2D eigenvalue weighted by Gasteiger charge is -2.08. The van der Waals surface area contributed by atoms with E-state index in [0.717, 1.165) is 12.1 Å². The number of esters is 1. The van der Waals surface area contributed by atoms with Crippen molar-refractivity contribution in [2.75, 3.05) is 6.61 Å². The van der Waals surface area contributed by atoms with Gasteiger partial charge in [0.25, 0.3) is 0 Å². The van der Waals surface area contributed by atoms with Crippen LogP contribution < -0.4 is 0 Å². The lowest BCUT2D eigenvalue weighted by molar-refractivity contribution is -0.145. The minimum absolute atomic E-state index is 0.161. The van der Waals surface area contributed by atoms with Crippen molar-refractivity contribution in [1.29, 1.82) is 0 Å². The average Bonchev–Trinajstić information content (AvgIpc) is 3.16. The fourth-order valence-corrected chi connectivity index (χ4v) is 2.46. The fourth-order valence-electron chi connectivity index (χ4n) is 2.46. The monoisotopic (exact) mass is 325 g/mol. The van der Waals surface area contributed by atoms with Crippen LogP contribution in [0.4, 0.5) is 13.2 Å². The number of ether oxygens (including phenoxy) is 1. The van der Waals surface area contributed by atoms with Gasteiger partial charge < -0.3 is 4.74 Å². The number of alkyl halides is 3. The number of hydrogen-bond acceptors (Lipinski definition) is 4. The molecule has 0 unspecified atom stereocenters. The van der Waals surface area contributed by atoms with E-state index in [1.807, 2.05) is 0 Å². The molecule has 1 aliphatic carbocycles. The summed E-state index contributed by atoms with van der Waals surface area (Å²) in [5.74, 6) is -0.946. The van der Waals surface area contributed by atoms with Gasteiger partial charge in [-0.2, -0.15) is 18.3 Å². The van der Waals surface area contributed by atoms with Crippen LogP contribution in [-0.2, 0) is 22.3 Å². The Morgan fingerprint density at radius 2 is 2.22 bits per heavy atom. The Bertz CT molecular complexity index is 686. The van der Waals surface area contributed by atoms with Crippen LogP contribution in [0.5, 0.6) is 0 Å². The molecular formula is C15H14F3N3O2. The molecule has 2 atom stereocenters. The summed E-state index contributed by atoms with van der Waals surface area (Å²) in [6, 6.07) is 5.11. The molecule has 122 valence electrons. The molecule has 1 aromatic heterocycles. The Hall–Kier alpha value is -2.38. The highest BCUT2D eigenvalue weighted by molar-refractivity contribution is 5.77.